The van der Waals surface area contributed by atoms with Crippen molar-refractivity contribution in [2.45, 2.75) is 19.1 Å². The lowest BCUT2D eigenvalue weighted by atomic mass is 10.2. The van der Waals surface area contributed by atoms with Crippen molar-refractivity contribution < 1.29 is 23.4 Å². The predicted octanol–water partition coefficient (Wildman–Crippen LogP) is 3.70. The maximum absolute atomic E-state index is 13.4. The van der Waals surface area contributed by atoms with Crippen LogP contribution in [0.1, 0.15) is 22.3 Å². The van der Waals surface area contributed by atoms with E-state index in [1.54, 1.807) is 6.07 Å². The number of anilines is 2. The van der Waals surface area contributed by atoms with Crippen LogP contribution >= 0.6 is 0 Å². The zero-order valence-corrected chi connectivity index (χ0v) is 19.9. The summed E-state index contributed by atoms with van der Waals surface area (Å²) in [4.78, 5) is 21.1. The van der Waals surface area contributed by atoms with E-state index < -0.39 is 23.6 Å². The summed E-state index contributed by atoms with van der Waals surface area (Å²) in [5.74, 6) is -1.45. The molecule has 4 rings (SSSR count). The van der Waals surface area contributed by atoms with Crippen molar-refractivity contribution >= 4 is 17.4 Å². The zero-order valence-electron chi connectivity index (χ0n) is 19.9. The molecule has 1 aliphatic heterocycles. The summed E-state index contributed by atoms with van der Waals surface area (Å²) < 4.78 is 32.4. The molecular formula is C27H30F2N4O3. The molecule has 2 heterocycles. The summed E-state index contributed by atoms with van der Waals surface area (Å²) in [6.45, 7) is 4.52. The van der Waals surface area contributed by atoms with E-state index in [0.29, 0.717) is 18.8 Å². The highest BCUT2D eigenvalue weighted by Gasteiger charge is 2.19. The van der Waals surface area contributed by atoms with Gasteiger partial charge in [0, 0.05) is 37.8 Å². The van der Waals surface area contributed by atoms with Gasteiger partial charge in [-0.3, -0.25) is 9.69 Å². The first-order valence-electron chi connectivity index (χ1n) is 12.0. The summed E-state index contributed by atoms with van der Waals surface area (Å²) in [5, 5.41) is 13.0. The van der Waals surface area contributed by atoms with Crippen LogP contribution in [0.3, 0.4) is 0 Å². The number of hydrogen-bond acceptors (Lipinski definition) is 6. The number of aromatic nitrogens is 1. The number of nitrogens with zero attached hydrogens (tertiary/aromatic N) is 3. The van der Waals surface area contributed by atoms with Crippen LogP contribution in [-0.2, 0) is 11.3 Å². The molecule has 1 unspecified atom stereocenters. The van der Waals surface area contributed by atoms with E-state index in [0.717, 1.165) is 62.2 Å². The van der Waals surface area contributed by atoms with Gasteiger partial charge in [0.2, 0.25) is 0 Å². The largest absolute Gasteiger partial charge is 0.389 e. The first kappa shape index (κ1) is 25.7. The van der Waals surface area contributed by atoms with Crippen LogP contribution < -0.4 is 10.2 Å². The molecule has 36 heavy (non-hydrogen) atoms. The normalized spacial score (nSPS) is 15.4. The number of nitrogens with one attached hydrogen (secondary N) is 1. The van der Waals surface area contributed by atoms with E-state index in [1.165, 1.54) is 6.20 Å². The molecule has 7 nitrogen and oxygen atoms in total. The van der Waals surface area contributed by atoms with Gasteiger partial charge in [-0.15, -0.1) is 0 Å². The topological polar surface area (TPSA) is 77.9 Å². The summed E-state index contributed by atoms with van der Waals surface area (Å²) in [6, 6.07) is 16.1. The highest BCUT2D eigenvalue weighted by atomic mass is 19.1. The molecule has 0 spiro atoms. The van der Waals surface area contributed by atoms with Crippen LogP contribution in [0.2, 0.25) is 0 Å². The molecule has 0 saturated carbocycles. The second-order valence-electron chi connectivity index (χ2n) is 8.81. The van der Waals surface area contributed by atoms with Gasteiger partial charge in [-0.05, 0) is 42.8 Å². The van der Waals surface area contributed by atoms with Crippen molar-refractivity contribution in [1.82, 2.24) is 9.88 Å². The van der Waals surface area contributed by atoms with E-state index in [2.05, 4.69) is 20.1 Å². The Morgan fingerprint density at radius 1 is 1.03 bits per heavy atom. The number of aliphatic hydroxyl groups excluding tert-OH is 1. The third kappa shape index (κ3) is 7.55. The van der Waals surface area contributed by atoms with Crippen molar-refractivity contribution in [1.29, 1.82) is 0 Å². The number of β-amino-alcohol motifs (C(OH)–C–C–N with tert-alkyl or cyclic N) is 1. The van der Waals surface area contributed by atoms with Crippen LogP contribution in [0.5, 0.6) is 0 Å². The minimum Gasteiger partial charge on any atom is -0.389 e. The van der Waals surface area contributed by atoms with Crippen molar-refractivity contribution in [3.05, 3.63) is 89.6 Å². The number of hydrogen-bond donors (Lipinski definition) is 2. The first-order chi connectivity index (χ1) is 17.5. The number of pyridine rings is 1. The number of aliphatic hydroxyl groups is 1. The highest BCUT2D eigenvalue weighted by molar-refractivity contribution is 6.04. The van der Waals surface area contributed by atoms with E-state index in [9.17, 15) is 18.7 Å². The fourth-order valence-electron chi connectivity index (χ4n) is 4.16. The number of carbonyl (C=O) groups is 1. The Kier molecular flexibility index (Phi) is 8.94. The molecule has 9 heteroatoms. The van der Waals surface area contributed by atoms with Gasteiger partial charge in [-0.1, -0.05) is 30.3 Å². The average molecular weight is 497 g/mol. The lowest BCUT2D eigenvalue weighted by molar-refractivity contribution is 0.0109. The molecule has 1 aromatic heterocycles. The summed E-state index contributed by atoms with van der Waals surface area (Å²) in [7, 11) is 0. The maximum Gasteiger partial charge on any atom is 0.255 e. The zero-order chi connectivity index (χ0) is 25.3. The molecule has 1 amide bonds. The fraction of sp³-hybridized carbons (Fsp3) is 0.333. The summed E-state index contributed by atoms with van der Waals surface area (Å²) in [5.41, 5.74) is 1.41. The fourth-order valence-corrected chi connectivity index (χ4v) is 4.16. The molecular weight excluding hydrogens is 466 g/mol. The van der Waals surface area contributed by atoms with Crippen molar-refractivity contribution in [2.75, 3.05) is 49.5 Å². The van der Waals surface area contributed by atoms with Gasteiger partial charge in [0.1, 0.15) is 17.5 Å². The van der Waals surface area contributed by atoms with Gasteiger partial charge in [-0.25, -0.2) is 13.8 Å². The second-order valence-corrected chi connectivity index (χ2v) is 8.81. The lowest BCUT2D eigenvalue weighted by Gasteiger charge is -2.24. The average Bonchev–Trinajstić information content (AvgIpc) is 3.10. The van der Waals surface area contributed by atoms with Crippen LogP contribution in [0.15, 0.2) is 66.9 Å². The molecule has 2 N–H and O–H groups in total. The number of rotatable bonds is 9. The maximum atomic E-state index is 13.4. The SMILES string of the molecule is O=C(Nc1ccc(N2CCCN(CC(O)COCc3ccccc3)CC2)nc1)c1cc(F)cc(F)c1. The summed E-state index contributed by atoms with van der Waals surface area (Å²) in [6.07, 6.45) is 1.88. The standard InChI is InChI=1S/C27H30F2N4O3/c28-22-13-21(14-23(29)15-22)27(35)31-24-7-8-26(30-16-24)33-10-4-9-32(11-12-33)17-25(34)19-36-18-20-5-2-1-3-6-20/h1-3,5-8,13-16,25,34H,4,9-12,17-19H2,(H,31,35). The van der Waals surface area contributed by atoms with Gasteiger partial charge >= 0.3 is 0 Å². The minimum atomic E-state index is -0.809. The van der Waals surface area contributed by atoms with Gasteiger partial charge in [0.15, 0.2) is 0 Å². The molecule has 190 valence electrons. The Bertz CT molecular complexity index is 1110. The van der Waals surface area contributed by atoms with E-state index in [-0.39, 0.29) is 12.2 Å². The third-order valence-corrected chi connectivity index (χ3v) is 5.93. The molecule has 1 atom stereocenters. The Labute approximate surface area is 209 Å². The molecule has 0 bridgehead atoms. The van der Waals surface area contributed by atoms with Crippen molar-refractivity contribution in [2.24, 2.45) is 0 Å². The van der Waals surface area contributed by atoms with Crippen LogP contribution in [0.4, 0.5) is 20.3 Å². The van der Waals surface area contributed by atoms with Gasteiger partial charge in [0.05, 0.1) is 31.2 Å². The lowest BCUT2D eigenvalue weighted by Crippen LogP contribution is -2.37. The number of carbonyl (C=O) groups excluding carboxylic acids is 1. The van der Waals surface area contributed by atoms with Crippen LogP contribution in [0, 0.1) is 11.6 Å². The van der Waals surface area contributed by atoms with Crippen molar-refractivity contribution in [3.8, 4) is 0 Å². The monoisotopic (exact) mass is 496 g/mol. The molecule has 1 saturated heterocycles. The predicted molar refractivity (Wildman–Crippen MR) is 134 cm³/mol. The van der Waals surface area contributed by atoms with Crippen molar-refractivity contribution in [3.63, 3.8) is 0 Å². The molecule has 0 radical (unpaired) electrons. The Morgan fingerprint density at radius 2 is 1.81 bits per heavy atom. The molecule has 3 aromatic rings. The van der Waals surface area contributed by atoms with Gasteiger partial charge < -0.3 is 20.1 Å². The quantitative estimate of drug-likeness (QED) is 0.471. The summed E-state index contributed by atoms with van der Waals surface area (Å²) >= 11 is 0. The highest BCUT2D eigenvalue weighted by Crippen LogP contribution is 2.18. The Hall–Kier alpha value is -3.40. The van der Waals surface area contributed by atoms with E-state index in [4.69, 9.17) is 4.74 Å². The Morgan fingerprint density at radius 3 is 2.53 bits per heavy atom. The number of ether oxygens (including phenoxy) is 1. The molecule has 2 aromatic carbocycles. The van der Waals surface area contributed by atoms with Gasteiger partial charge in [-0.2, -0.15) is 0 Å². The molecule has 1 aliphatic rings. The van der Waals surface area contributed by atoms with Gasteiger partial charge in [0.25, 0.3) is 5.91 Å². The number of amides is 1. The smallest absolute Gasteiger partial charge is 0.255 e. The van der Waals surface area contributed by atoms with Crippen LogP contribution in [-0.4, -0.2) is 66.3 Å². The minimum absolute atomic E-state index is 0.100. The van der Waals surface area contributed by atoms with Crippen LogP contribution in [0.25, 0.3) is 0 Å². The third-order valence-electron chi connectivity index (χ3n) is 5.93. The molecule has 1 fully saturated rings. The number of halogens is 2. The van der Waals surface area contributed by atoms with E-state index >= 15 is 0 Å². The Balaban J connectivity index is 1.23. The second kappa shape index (κ2) is 12.5. The first-order valence-corrected chi connectivity index (χ1v) is 12.0. The molecule has 0 aliphatic carbocycles. The number of benzene rings is 2. The van der Waals surface area contributed by atoms with E-state index in [1.807, 2.05) is 36.4 Å².